The monoisotopic (exact) mass is 344 g/mol. The van der Waals surface area contributed by atoms with Gasteiger partial charge in [-0.25, -0.2) is 0 Å². The molecule has 2 aliphatic rings. The van der Waals surface area contributed by atoms with Crippen LogP contribution in [0.4, 0.5) is 0 Å². The van der Waals surface area contributed by atoms with Crippen LogP contribution in [-0.2, 0) is 20.9 Å². The third kappa shape index (κ3) is 4.21. The Morgan fingerprint density at radius 2 is 1.92 bits per heavy atom. The molecule has 136 valence electrons. The molecule has 0 aromatic heterocycles. The predicted octanol–water partition coefficient (Wildman–Crippen LogP) is 2.37. The summed E-state index contributed by atoms with van der Waals surface area (Å²) in [6.07, 6.45) is 2.45. The van der Waals surface area contributed by atoms with Crippen molar-refractivity contribution in [2.24, 2.45) is 5.92 Å². The van der Waals surface area contributed by atoms with Gasteiger partial charge in [-0.1, -0.05) is 31.2 Å². The van der Waals surface area contributed by atoms with Crippen molar-refractivity contribution in [1.29, 1.82) is 0 Å². The molecular weight excluding hydrogens is 316 g/mol. The van der Waals surface area contributed by atoms with E-state index in [-0.39, 0.29) is 23.8 Å². The lowest BCUT2D eigenvalue weighted by Gasteiger charge is -2.42. The Kier molecular flexibility index (Phi) is 5.74. The molecule has 1 atom stereocenters. The molecule has 0 radical (unpaired) electrons. The van der Waals surface area contributed by atoms with E-state index in [1.807, 2.05) is 28.9 Å². The van der Waals surface area contributed by atoms with Crippen LogP contribution in [0.3, 0.4) is 0 Å². The van der Waals surface area contributed by atoms with Crippen molar-refractivity contribution in [3.05, 3.63) is 35.4 Å². The van der Waals surface area contributed by atoms with E-state index in [9.17, 15) is 9.59 Å². The predicted molar refractivity (Wildman–Crippen MR) is 95.9 cm³/mol. The van der Waals surface area contributed by atoms with Gasteiger partial charge in [0.2, 0.25) is 11.8 Å². The van der Waals surface area contributed by atoms with E-state index in [1.165, 1.54) is 11.1 Å². The first-order chi connectivity index (χ1) is 12.1. The Hall–Kier alpha value is -1.88. The number of hydrogen-bond donors (Lipinski definition) is 0. The van der Waals surface area contributed by atoms with Gasteiger partial charge in [0.1, 0.15) is 0 Å². The Bertz CT molecular complexity index is 625. The van der Waals surface area contributed by atoms with E-state index in [0.29, 0.717) is 32.7 Å². The minimum atomic E-state index is -0.0402. The first-order valence-corrected chi connectivity index (χ1v) is 9.31. The van der Waals surface area contributed by atoms with Crippen molar-refractivity contribution >= 4 is 11.8 Å². The van der Waals surface area contributed by atoms with Gasteiger partial charge in [0.25, 0.3) is 0 Å². The van der Waals surface area contributed by atoms with Crippen molar-refractivity contribution in [3.8, 4) is 0 Å². The Morgan fingerprint density at radius 3 is 2.64 bits per heavy atom. The highest BCUT2D eigenvalue weighted by Crippen LogP contribution is 2.23. The van der Waals surface area contributed by atoms with Gasteiger partial charge in [0.05, 0.1) is 18.6 Å². The van der Waals surface area contributed by atoms with Crippen molar-refractivity contribution in [3.63, 3.8) is 0 Å². The van der Waals surface area contributed by atoms with Crippen molar-refractivity contribution in [2.45, 2.75) is 45.8 Å². The van der Waals surface area contributed by atoms with E-state index < -0.39 is 0 Å². The zero-order chi connectivity index (χ0) is 17.8. The van der Waals surface area contributed by atoms with Crippen LogP contribution in [0.1, 0.15) is 37.3 Å². The number of amides is 2. The number of rotatable bonds is 5. The molecule has 2 fully saturated rings. The molecule has 5 nitrogen and oxygen atoms in total. The number of hydrogen-bond acceptors (Lipinski definition) is 3. The zero-order valence-corrected chi connectivity index (χ0v) is 15.2. The summed E-state index contributed by atoms with van der Waals surface area (Å²) in [5, 5.41) is 0. The van der Waals surface area contributed by atoms with Crippen LogP contribution in [0.5, 0.6) is 0 Å². The molecule has 1 aromatic carbocycles. The topological polar surface area (TPSA) is 49.9 Å². The van der Waals surface area contributed by atoms with Crippen LogP contribution in [0, 0.1) is 12.8 Å². The third-order valence-corrected chi connectivity index (χ3v) is 5.32. The van der Waals surface area contributed by atoms with Gasteiger partial charge < -0.3 is 14.5 Å². The summed E-state index contributed by atoms with van der Waals surface area (Å²) in [5.74, 6) is 0.298. The number of ether oxygens (including phenoxy) is 1. The number of aryl methyl sites for hydroxylation is 1. The maximum absolute atomic E-state index is 12.6. The van der Waals surface area contributed by atoms with Crippen molar-refractivity contribution in [1.82, 2.24) is 9.80 Å². The van der Waals surface area contributed by atoms with E-state index >= 15 is 0 Å². The molecule has 0 saturated carbocycles. The average Bonchev–Trinajstić information content (AvgIpc) is 2.61. The summed E-state index contributed by atoms with van der Waals surface area (Å²) in [4.78, 5) is 28.2. The van der Waals surface area contributed by atoms with Crippen LogP contribution in [0.2, 0.25) is 0 Å². The highest BCUT2D eigenvalue weighted by atomic mass is 16.5. The summed E-state index contributed by atoms with van der Waals surface area (Å²) in [6.45, 7) is 7.27. The molecule has 25 heavy (non-hydrogen) atoms. The molecule has 0 N–H and O–H groups in total. The normalized spacial score (nSPS) is 21.1. The van der Waals surface area contributed by atoms with Crippen LogP contribution < -0.4 is 0 Å². The molecule has 0 unspecified atom stereocenters. The van der Waals surface area contributed by atoms with Gasteiger partial charge in [-0.3, -0.25) is 9.59 Å². The van der Waals surface area contributed by atoms with E-state index in [1.54, 1.807) is 0 Å². The van der Waals surface area contributed by atoms with Crippen molar-refractivity contribution in [2.75, 3.05) is 26.2 Å². The summed E-state index contributed by atoms with van der Waals surface area (Å²) >= 11 is 0. The Labute approximate surface area is 149 Å². The van der Waals surface area contributed by atoms with Crippen LogP contribution >= 0.6 is 0 Å². The van der Waals surface area contributed by atoms with Gasteiger partial charge in [-0.05, 0) is 30.9 Å². The van der Waals surface area contributed by atoms with Crippen LogP contribution in [-0.4, -0.2) is 53.9 Å². The lowest BCUT2D eigenvalue weighted by molar-refractivity contribution is -0.153. The van der Waals surface area contributed by atoms with Gasteiger partial charge in [0, 0.05) is 32.6 Å². The summed E-state index contributed by atoms with van der Waals surface area (Å²) in [7, 11) is 0. The summed E-state index contributed by atoms with van der Waals surface area (Å²) in [6, 6.07) is 8.22. The lowest BCUT2D eigenvalue weighted by atomic mass is 9.94. The molecule has 0 spiro atoms. The van der Waals surface area contributed by atoms with Gasteiger partial charge in [-0.2, -0.15) is 0 Å². The number of likely N-dealkylation sites (tertiary alicyclic amines) is 2. The molecule has 2 amide bonds. The molecule has 1 aromatic rings. The first kappa shape index (κ1) is 17.9. The number of carbonyl (C=O) groups is 2. The Morgan fingerprint density at radius 1 is 1.16 bits per heavy atom. The standard InChI is InChI=1S/C20H28N2O3/c1-3-19(23)21-10-6-9-16(11-21)20(24)22-12-18(13-22)25-14-17-8-5-4-7-15(17)2/h4-5,7-8,16,18H,3,6,9-14H2,1-2H3/t16-/m0/s1. The van der Waals surface area contributed by atoms with E-state index in [4.69, 9.17) is 4.74 Å². The first-order valence-electron chi connectivity index (χ1n) is 9.31. The van der Waals surface area contributed by atoms with Gasteiger partial charge in [-0.15, -0.1) is 0 Å². The highest BCUT2D eigenvalue weighted by molar-refractivity contribution is 5.82. The summed E-state index contributed by atoms with van der Waals surface area (Å²) in [5.41, 5.74) is 2.44. The zero-order valence-electron chi connectivity index (χ0n) is 15.2. The van der Waals surface area contributed by atoms with E-state index in [0.717, 1.165) is 19.4 Å². The molecule has 5 heteroatoms. The van der Waals surface area contributed by atoms with Gasteiger partial charge >= 0.3 is 0 Å². The second-order valence-electron chi connectivity index (χ2n) is 7.14. The fourth-order valence-corrected chi connectivity index (χ4v) is 3.59. The largest absolute Gasteiger partial charge is 0.370 e. The molecule has 2 saturated heterocycles. The van der Waals surface area contributed by atoms with Gasteiger partial charge in [0.15, 0.2) is 0 Å². The molecular formula is C20H28N2O3. The van der Waals surface area contributed by atoms with E-state index in [2.05, 4.69) is 19.1 Å². The SMILES string of the molecule is CCC(=O)N1CCC[C@H](C(=O)N2CC(OCc3ccccc3C)C2)C1. The molecule has 0 aliphatic carbocycles. The fourth-order valence-electron chi connectivity index (χ4n) is 3.59. The fraction of sp³-hybridized carbons (Fsp3) is 0.600. The lowest BCUT2D eigenvalue weighted by Crippen LogP contribution is -2.58. The maximum atomic E-state index is 12.6. The number of nitrogens with zero attached hydrogens (tertiary/aromatic N) is 2. The average molecular weight is 344 g/mol. The minimum absolute atomic E-state index is 0.0402. The molecule has 2 heterocycles. The second kappa shape index (κ2) is 8.00. The summed E-state index contributed by atoms with van der Waals surface area (Å²) < 4.78 is 5.93. The molecule has 0 bridgehead atoms. The minimum Gasteiger partial charge on any atom is -0.370 e. The third-order valence-electron chi connectivity index (χ3n) is 5.32. The van der Waals surface area contributed by atoms with Crippen LogP contribution in [0.15, 0.2) is 24.3 Å². The second-order valence-corrected chi connectivity index (χ2v) is 7.14. The number of piperidine rings is 1. The van der Waals surface area contributed by atoms with Crippen LogP contribution in [0.25, 0.3) is 0 Å². The number of benzene rings is 1. The smallest absolute Gasteiger partial charge is 0.227 e. The molecule has 2 aliphatic heterocycles. The highest BCUT2D eigenvalue weighted by Gasteiger charge is 2.37. The maximum Gasteiger partial charge on any atom is 0.227 e. The molecule has 3 rings (SSSR count). The quantitative estimate of drug-likeness (QED) is 0.824. The Balaban J connectivity index is 1.43. The van der Waals surface area contributed by atoms with Crippen molar-refractivity contribution < 1.29 is 14.3 Å². The number of carbonyl (C=O) groups excluding carboxylic acids is 2.